The Labute approximate surface area is 125 Å². The second-order valence-corrected chi connectivity index (χ2v) is 5.68. The van der Waals surface area contributed by atoms with E-state index in [9.17, 15) is 9.59 Å². The second-order valence-electron chi connectivity index (χ2n) is 5.68. The van der Waals surface area contributed by atoms with Crippen molar-refractivity contribution in [3.05, 3.63) is 35.4 Å². The first kappa shape index (κ1) is 15.4. The topological polar surface area (TPSA) is 69.6 Å². The van der Waals surface area contributed by atoms with E-state index < -0.39 is 5.97 Å². The number of nitrogens with zero attached hydrogens (tertiary/aromatic N) is 1. The summed E-state index contributed by atoms with van der Waals surface area (Å²) in [6, 6.07) is 7.99. The molecule has 1 aliphatic rings. The smallest absolute Gasteiger partial charge is 0.317 e. The van der Waals surface area contributed by atoms with Gasteiger partial charge in [0.2, 0.25) is 0 Å². The summed E-state index contributed by atoms with van der Waals surface area (Å²) >= 11 is 0. The number of piperidine rings is 1. The maximum Gasteiger partial charge on any atom is 0.317 e. The number of carboxylic acids is 1. The lowest BCUT2D eigenvalue weighted by atomic mass is 9.94. The van der Waals surface area contributed by atoms with Crippen molar-refractivity contribution < 1.29 is 14.7 Å². The van der Waals surface area contributed by atoms with Crippen LogP contribution in [0.3, 0.4) is 0 Å². The lowest BCUT2D eigenvalue weighted by molar-refractivity contribution is -0.138. The molecule has 0 spiro atoms. The third-order valence-electron chi connectivity index (χ3n) is 3.89. The Kier molecular flexibility index (Phi) is 5.20. The quantitative estimate of drug-likeness (QED) is 0.894. The maximum atomic E-state index is 12.1. The van der Waals surface area contributed by atoms with Crippen molar-refractivity contribution in [3.63, 3.8) is 0 Å². The van der Waals surface area contributed by atoms with Crippen LogP contribution in [0, 0.1) is 12.8 Å². The van der Waals surface area contributed by atoms with Gasteiger partial charge in [0.25, 0.3) is 0 Å². The minimum absolute atomic E-state index is 0.0646. The molecule has 1 aliphatic heterocycles. The zero-order valence-corrected chi connectivity index (χ0v) is 12.3. The number of aliphatic carboxylic acids is 1. The summed E-state index contributed by atoms with van der Waals surface area (Å²) in [4.78, 5) is 24.5. The molecule has 2 rings (SSSR count). The third kappa shape index (κ3) is 4.77. The predicted molar refractivity (Wildman–Crippen MR) is 80.0 cm³/mol. The number of nitrogens with one attached hydrogen (secondary N) is 1. The molecule has 0 radical (unpaired) electrons. The van der Waals surface area contributed by atoms with Gasteiger partial charge in [0.15, 0.2) is 0 Å². The largest absolute Gasteiger partial charge is 0.481 e. The molecule has 1 aromatic carbocycles. The first-order valence-electron chi connectivity index (χ1n) is 7.34. The maximum absolute atomic E-state index is 12.1. The van der Waals surface area contributed by atoms with Crippen molar-refractivity contribution in [3.8, 4) is 0 Å². The number of benzene rings is 1. The molecule has 0 atom stereocenters. The molecular formula is C16H22N2O3. The van der Waals surface area contributed by atoms with E-state index in [1.165, 1.54) is 5.56 Å². The number of likely N-dealkylation sites (tertiary alicyclic amines) is 1. The SMILES string of the molecule is Cc1cccc(CNC(=O)N2CCC(CC(=O)O)CC2)c1. The van der Waals surface area contributed by atoms with E-state index >= 15 is 0 Å². The first-order chi connectivity index (χ1) is 10.0. The lowest BCUT2D eigenvalue weighted by Crippen LogP contribution is -2.44. The molecule has 5 nitrogen and oxygen atoms in total. The average Bonchev–Trinajstić information content (AvgIpc) is 2.45. The molecule has 0 saturated carbocycles. The van der Waals surface area contributed by atoms with Crippen LogP contribution in [-0.4, -0.2) is 35.1 Å². The van der Waals surface area contributed by atoms with Crippen molar-refractivity contribution in [2.75, 3.05) is 13.1 Å². The number of carboxylic acid groups (broad SMARTS) is 1. The van der Waals surface area contributed by atoms with Crippen LogP contribution in [0.15, 0.2) is 24.3 Å². The minimum atomic E-state index is -0.752. The molecule has 114 valence electrons. The molecule has 5 heteroatoms. The van der Waals surface area contributed by atoms with E-state index in [1.54, 1.807) is 4.90 Å². The Morgan fingerprint density at radius 3 is 2.67 bits per heavy atom. The number of hydrogen-bond donors (Lipinski definition) is 2. The van der Waals surface area contributed by atoms with Crippen LogP contribution in [-0.2, 0) is 11.3 Å². The molecule has 1 aromatic rings. The zero-order valence-electron chi connectivity index (χ0n) is 12.3. The lowest BCUT2D eigenvalue weighted by Gasteiger charge is -2.31. The van der Waals surface area contributed by atoms with Crippen LogP contribution in [0.4, 0.5) is 4.79 Å². The fourth-order valence-corrected chi connectivity index (χ4v) is 2.70. The van der Waals surface area contributed by atoms with Crippen LogP contribution in [0.25, 0.3) is 0 Å². The Bertz CT molecular complexity index is 508. The Morgan fingerprint density at radius 2 is 2.05 bits per heavy atom. The summed E-state index contributed by atoms with van der Waals surface area (Å²) in [7, 11) is 0. The standard InChI is InChI=1S/C16H22N2O3/c1-12-3-2-4-14(9-12)11-17-16(21)18-7-5-13(6-8-18)10-15(19)20/h2-4,9,13H,5-8,10-11H2,1H3,(H,17,21)(H,19,20). The number of hydrogen-bond acceptors (Lipinski definition) is 2. The van der Waals surface area contributed by atoms with E-state index in [-0.39, 0.29) is 18.4 Å². The Balaban J connectivity index is 1.76. The number of carbonyl (C=O) groups excluding carboxylic acids is 1. The number of carbonyl (C=O) groups is 2. The van der Waals surface area contributed by atoms with E-state index in [0.29, 0.717) is 19.6 Å². The molecular weight excluding hydrogens is 268 g/mol. The Morgan fingerprint density at radius 1 is 1.33 bits per heavy atom. The van der Waals surface area contributed by atoms with Crippen molar-refractivity contribution >= 4 is 12.0 Å². The van der Waals surface area contributed by atoms with Crippen LogP contribution in [0.1, 0.15) is 30.4 Å². The predicted octanol–water partition coefficient (Wildman–Crippen LogP) is 2.39. The minimum Gasteiger partial charge on any atom is -0.481 e. The van der Waals surface area contributed by atoms with Gasteiger partial charge in [-0.15, -0.1) is 0 Å². The highest BCUT2D eigenvalue weighted by Gasteiger charge is 2.23. The molecule has 0 aliphatic carbocycles. The molecule has 0 unspecified atom stereocenters. The highest BCUT2D eigenvalue weighted by Crippen LogP contribution is 2.20. The zero-order chi connectivity index (χ0) is 15.2. The Hall–Kier alpha value is -2.04. The van der Waals surface area contributed by atoms with E-state index in [4.69, 9.17) is 5.11 Å². The molecule has 1 heterocycles. The highest BCUT2D eigenvalue weighted by molar-refractivity contribution is 5.74. The molecule has 0 bridgehead atoms. The fraction of sp³-hybridized carbons (Fsp3) is 0.500. The van der Waals surface area contributed by atoms with Crippen molar-refractivity contribution in [1.29, 1.82) is 0 Å². The molecule has 2 amide bonds. The summed E-state index contributed by atoms with van der Waals surface area (Å²) in [6.45, 7) is 3.82. The van der Waals surface area contributed by atoms with Crippen LogP contribution < -0.4 is 5.32 Å². The van der Waals surface area contributed by atoms with Crippen LogP contribution in [0.5, 0.6) is 0 Å². The van der Waals surface area contributed by atoms with Gasteiger partial charge in [0.1, 0.15) is 0 Å². The summed E-state index contributed by atoms with van der Waals surface area (Å²) in [5, 5.41) is 11.7. The highest BCUT2D eigenvalue weighted by atomic mass is 16.4. The van der Waals surface area contributed by atoms with E-state index in [0.717, 1.165) is 18.4 Å². The first-order valence-corrected chi connectivity index (χ1v) is 7.34. The molecule has 21 heavy (non-hydrogen) atoms. The molecule has 2 N–H and O–H groups in total. The molecule has 1 saturated heterocycles. The van der Waals surface area contributed by atoms with Gasteiger partial charge in [-0.25, -0.2) is 4.79 Å². The van der Waals surface area contributed by atoms with Gasteiger partial charge in [-0.1, -0.05) is 29.8 Å². The number of amides is 2. The fourth-order valence-electron chi connectivity index (χ4n) is 2.70. The summed E-state index contributed by atoms with van der Waals surface area (Å²) in [5.74, 6) is -0.555. The molecule has 1 fully saturated rings. The summed E-state index contributed by atoms with van der Waals surface area (Å²) in [5.41, 5.74) is 2.26. The number of urea groups is 1. The van der Waals surface area contributed by atoms with Gasteiger partial charge in [-0.3, -0.25) is 4.79 Å². The van der Waals surface area contributed by atoms with E-state index in [1.807, 2.05) is 25.1 Å². The van der Waals surface area contributed by atoms with E-state index in [2.05, 4.69) is 11.4 Å². The van der Waals surface area contributed by atoms with Crippen LogP contribution in [0.2, 0.25) is 0 Å². The van der Waals surface area contributed by atoms with Gasteiger partial charge in [-0.2, -0.15) is 0 Å². The van der Waals surface area contributed by atoms with Crippen molar-refractivity contribution in [2.45, 2.75) is 32.7 Å². The average molecular weight is 290 g/mol. The van der Waals surface area contributed by atoms with Crippen LogP contribution >= 0.6 is 0 Å². The number of aryl methyl sites for hydroxylation is 1. The van der Waals surface area contributed by atoms with Gasteiger partial charge >= 0.3 is 12.0 Å². The molecule has 0 aromatic heterocycles. The summed E-state index contributed by atoms with van der Waals surface area (Å²) in [6.07, 6.45) is 1.74. The summed E-state index contributed by atoms with van der Waals surface area (Å²) < 4.78 is 0. The number of rotatable bonds is 4. The second kappa shape index (κ2) is 7.11. The normalized spacial score (nSPS) is 15.8. The monoisotopic (exact) mass is 290 g/mol. The van der Waals surface area contributed by atoms with Gasteiger partial charge in [-0.05, 0) is 31.2 Å². The van der Waals surface area contributed by atoms with Gasteiger partial charge in [0.05, 0.1) is 0 Å². The van der Waals surface area contributed by atoms with Gasteiger partial charge < -0.3 is 15.3 Å². The third-order valence-corrected chi connectivity index (χ3v) is 3.89. The van der Waals surface area contributed by atoms with Crippen molar-refractivity contribution in [1.82, 2.24) is 10.2 Å². The van der Waals surface area contributed by atoms with Crippen molar-refractivity contribution in [2.24, 2.45) is 5.92 Å². The van der Waals surface area contributed by atoms with Gasteiger partial charge in [0, 0.05) is 26.1 Å².